The third-order valence-electron chi connectivity index (χ3n) is 5.47. The Morgan fingerprint density at radius 1 is 0.615 bits per heavy atom. The number of hydrogen-bond donors (Lipinski definition) is 2. The standard InChI is InChI=1S/C23H46O3/c1-3-5-7-8-9-10-11-12-13-14-15-16-18-20-23(26,21-22(24)25)19-17-6-4-2/h26H,3-21H2,1-2H3,(H,24,25). The molecule has 0 saturated carbocycles. The highest BCUT2D eigenvalue weighted by Crippen LogP contribution is 2.26. The minimum atomic E-state index is -0.987. The zero-order valence-corrected chi connectivity index (χ0v) is 17.7. The van der Waals surface area contributed by atoms with Crippen molar-refractivity contribution < 1.29 is 15.0 Å². The zero-order chi connectivity index (χ0) is 19.5. The van der Waals surface area contributed by atoms with Crippen LogP contribution in [0.1, 0.15) is 136 Å². The van der Waals surface area contributed by atoms with Gasteiger partial charge in [0, 0.05) is 0 Å². The molecule has 0 radical (unpaired) electrons. The first-order valence-corrected chi connectivity index (χ1v) is 11.5. The molecule has 0 fully saturated rings. The van der Waals surface area contributed by atoms with Crippen LogP contribution in [-0.4, -0.2) is 21.8 Å². The summed E-state index contributed by atoms with van der Waals surface area (Å²) in [5.41, 5.74) is -0.987. The Labute approximate surface area is 163 Å². The number of rotatable bonds is 20. The van der Waals surface area contributed by atoms with Crippen molar-refractivity contribution >= 4 is 5.97 Å². The molecule has 26 heavy (non-hydrogen) atoms. The van der Waals surface area contributed by atoms with Crippen molar-refractivity contribution in [3.8, 4) is 0 Å². The summed E-state index contributed by atoms with van der Waals surface area (Å²) in [7, 11) is 0. The van der Waals surface area contributed by atoms with Gasteiger partial charge >= 0.3 is 5.97 Å². The van der Waals surface area contributed by atoms with Crippen molar-refractivity contribution in [1.29, 1.82) is 0 Å². The Kier molecular flexibility index (Phi) is 17.4. The molecule has 1 unspecified atom stereocenters. The van der Waals surface area contributed by atoms with Gasteiger partial charge in [-0.15, -0.1) is 0 Å². The van der Waals surface area contributed by atoms with Crippen molar-refractivity contribution in [3.63, 3.8) is 0 Å². The van der Waals surface area contributed by atoms with E-state index in [1.54, 1.807) is 0 Å². The maximum absolute atomic E-state index is 11.0. The smallest absolute Gasteiger partial charge is 0.306 e. The van der Waals surface area contributed by atoms with Gasteiger partial charge in [-0.2, -0.15) is 0 Å². The highest BCUT2D eigenvalue weighted by atomic mass is 16.4. The number of unbranched alkanes of at least 4 members (excludes halogenated alkanes) is 14. The van der Waals surface area contributed by atoms with E-state index < -0.39 is 11.6 Å². The van der Waals surface area contributed by atoms with Gasteiger partial charge in [0.1, 0.15) is 0 Å². The summed E-state index contributed by atoms with van der Waals surface area (Å²) in [5, 5.41) is 19.7. The van der Waals surface area contributed by atoms with Gasteiger partial charge in [0.25, 0.3) is 0 Å². The Hall–Kier alpha value is -0.570. The van der Waals surface area contributed by atoms with Crippen LogP contribution in [-0.2, 0) is 4.79 Å². The molecule has 0 aromatic carbocycles. The monoisotopic (exact) mass is 370 g/mol. The predicted molar refractivity (Wildman–Crippen MR) is 112 cm³/mol. The van der Waals surface area contributed by atoms with E-state index in [2.05, 4.69) is 13.8 Å². The SMILES string of the molecule is CCCCCCCCCCCCCCCC(O)(CCCCC)CC(=O)O. The molecule has 0 saturated heterocycles. The molecule has 3 heteroatoms. The number of carbonyl (C=O) groups is 1. The fraction of sp³-hybridized carbons (Fsp3) is 0.957. The highest BCUT2D eigenvalue weighted by molar-refractivity contribution is 5.68. The van der Waals surface area contributed by atoms with Gasteiger partial charge in [0.05, 0.1) is 12.0 Å². The minimum Gasteiger partial charge on any atom is -0.481 e. The van der Waals surface area contributed by atoms with Crippen LogP contribution in [0.2, 0.25) is 0 Å². The molecule has 0 aromatic heterocycles. The molecule has 3 nitrogen and oxygen atoms in total. The second-order valence-electron chi connectivity index (χ2n) is 8.24. The number of carboxylic acids is 1. The summed E-state index contributed by atoms with van der Waals surface area (Å²) in [6.45, 7) is 4.39. The maximum Gasteiger partial charge on any atom is 0.306 e. The molecule has 0 heterocycles. The third-order valence-corrected chi connectivity index (χ3v) is 5.47. The average molecular weight is 371 g/mol. The van der Waals surface area contributed by atoms with Gasteiger partial charge in [-0.25, -0.2) is 0 Å². The number of aliphatic carboxylic acids is 1. The molecule has 0 amide bonds. The van der Waals surface area contributed by atoms with Crippen LogP contribution in [0.4, 0.5) is 0 Å². The quantitative estimate of drug-likeness (QED) is 0.222. The minimum absolute atomic E-state index is 0.102. The molecule has 156 valence electrons. The molecule has 0 aliphatic rings. The normalized spacial score (nSPS) is 13.7. The second-order valence-corrected chi connectivity index (χ2v) is 8.24. The van der Waals surface area contributed by atoms with E-state index in [1.165, 1.54) is 70.6 Å². The third kappa shape index (κ3) is 16.9. The Morgan fingerprint density at radius 3 is 1.31 bits per heavy atom. The fourth-order valence-corrected chi connectivity index (χ4v) is 3.76. The first kappa shape index (κ1) is 25.4. The zero-order valence-electron chi connectivity index (χ0n) is 17.7. The van der Waals surface area contributed by atoms with E-state index in [9.17, 15) is 9.90 Å². The Balaban J connectivity index is 3.58. The fourth-order valence-electron chi connectivity index (χ4n) is 3.76. The summed E-state index contributed by atoms with van der Waals surface area (Å²) in [6, 6.07) is 0. The summed E-state index contributed by atoms with van der Waals surface area (Å²) < 4.78 is 0. The van der Waals surface area contributed by atoms with Gasteiger partial charge in [-0.3, -0.25) is 4.79 Å². The van der Waals surface area contributed by atoms with E-state index >= 15 is 0 Å². The molecule has 0 bridgehead atoms. The van der Waals surface area contributed by atoms with E-state index in [-0.39, 0.29) is 6.42 Å². The van der Waals surface area contributed by atoms with Crippen LogP contribution < -0.4 is 0 Å². The van der Waals surface area contributed by atoms with E-state index in [0.29, 0.717) is 12.8 Å². The molecule has 2 N–H and O–H groups in total. The number of hydrogen-bond acceptors (Lipinski definition) is 2. The lowest BCUT2D eigenvalue weighted by Gasteiger charge is -2.26. The topological polar surface area (TPSA) is 57.5 Å². The van der Waals surface area contributed by atoms with Crippen molar-refractivity contribution in [2.75, 3.05) is 0 Å². The Morgan fingerprint density at radius 2 is 0.923 bits per heavy atom. The lowest BCUT2D eigenvalue weighted by molar-refractivity contribution is -0.143. The molecular weight excluding hydrogens is 324 g/mol. The van der Waals surface area contributed by atoms with Crippen molar-refractivity contribution in [2.24, 2.45) is 0 Å². The van der Waals surface area contributed by atoms with Gasteiger partial charge in [-0.1, -0.05) is 117 Å². The van der Waals surface area contributed by atoms with Crippen LogP contribution in [0.15, 0.2) is 0 Å². The van der Waals surface area contributed by atoms with Gasteiger partial charge < -0.3 is 10.2 Å². The predicted octanol–water partition coefficient (Wildman–Crippen LogP) is 7.25. The first-order chi connectivity index (χ1) is 12.5. The van der Waals surface area contributed by atoms with Gasteiger partial charge in [-0.05, 0) is 12.8 Å². The molecule has 1 atom stereocenters. The maximum atomic E-state index is 11.0. The molecule has 0 rings (SSSR count). The van der Waals surface area contributed by atoms with Gasteiger partial charge in [0.2, 0.25) is 0 Å². The van der Waals surface area contributed by atoms with Crippen molar-refractivity contribution in [2.45, 2.75) is 141 Å². The molecule has 0 aromatic rings. The summed E-state index contributed by atoms with van der Waals surface area (Å²) >= 11 is 0. The summed E-state index contributed by atoms with van der Waals surface area (Å²) in [5.74, 6) is -0.876. The van der Waals surface area contributed by atoms with Gasteiger partial charge in [0.15, 0.2) is 0 Å². The molecule has 0 aliphatic heterocycles. The Bertz CT molecular complexity index is 317. The molecule has 0 spiro atoms. The first-order valence-electron chi connectivity index (χ1n) is 11.5. The lowest BCUT2D eigenvalue weighted by Crippen LogP contribution is -2.31. The van der Waals surface area contributed by atoms with E-state index in [4.69, 9.17) is 5.11 Å². The van der Waals surface area contributed by atoms with Crippen LogP contribution in [0.3, 0.4) is 0 Å². The van der Waals surface area contributed by atoms with E-state index in [1.807, 2.05) is 0 Å². The van der Waals surface area contributed by atoms with E-state index in [0.717, 1.165) is 32.1 Å². The lowest BCUT2D eigenvalue weighted by atomic mass is 9.87. The largest absolute Gasteiger partial charge is 0.481 e. The van der Waals surface area contributed by atoms with Crippen molar-refractivity contribution in [3.05, 3.63) is 0 Å². The summed E-state index contributed by atoms with van der Waals surface area (Å²) in [4.78, 5) is 11.0. The van der Waals surface area contributed by atoms with Crippen LogP contribution >= 0.6 is 0 Å². The number of aliphatic hydroxyl groups is 1. The van der Waals surface area contributed by atoms with Crippen LogP contribution in [0, 0.1) is 0 Å². The highest BCUT2D eigenvalue weighted by Gasteiger charge is 2.28. The van der Waals surface area contributed by atoms with Crippen molar-refractivity contribution in [1.82, 2.24) is 0 Å². The second kappa shape index (κ2) is 17.8. The molecule has 0 aliphatic carbocycles. The number of carboxylic acid groups (broad SMARTS) is 1. The van der Waals surface area contributed by atoms with Crippen LogP contribution in [0.25, 0.3) is 0 Å². The summed E-state index contributed by atoms with van der Waals surface area (Å²) in [6.07, 6.45) is 21.2. The molecular formula is C23H46O3. The van der Waals surface area contributed by atoms with Crippen LogP contribution in [0.5, 0.6) is 0 Å². The average Bonchev–Trinajstić information content (AvgIpc) is 2.58.